The number of carbonyl (C=O) groups excluding carboxylic acids is 2. The highest BCUT2D eigenvalue weighted by atomic mass is 16.5. The number of fused-ring (bicyclic) bond motifs is 1. The summed E-state index contributed by atoms with van der Waals surface area (Å²) in [6.07, 6.45) is 4.54. The molecule has 1 aliphatic rings. The zero-order valence-electron chi connectivity index (χ0n) is 11.4. The van der Waals surface area contributed by atoms with Gasteiger partial charge in [-0.1, -0.05) is 0 Å². The van der Waals surface area contributed by atoms with Crippen LogP contribution in [0.3, 0.4) is 0 Å². The van der Waals surface area contributed by atoms with Crippen LogP contribution in [0.4, 0.5) is 10.5 Å². The maximum Gasteiger partial charge on any atom is 0.337 e. The van der Waals surface area contributed by atoms with Crippen LogP contribution in [0, 0.1) is 0 Å². The fourth-order valence-corrected chi connectivity index (χ4v) is 2.17. The molecule has 21 heavy (non-hydrogen) atoms. The highest BCUT2D eigenvalue weighted by molar-refractivity contribution is 5.98. The van der Waals surface area contributed by atoms with E-state index in [4.69, 9.17) is 9.47 Å². The van der Waals surface area contributed by atoms with Crippen molar-refractivity contribution in [1.82, 2.24) is 9.55 Å². The predicted octanol–water partition coefficient (Wildman–Crippen LogP) is 1.54. The molecular weight excluding hydrogens is 274 g/mol. The maximum atomic E-state index is 12.5. The van der Waals surface area contributed by atoms with Gasteiger partial charge in [-0.2, -0.15) is 0 Å². The monoisotopic (exact) mass is 287 g/mol. The standard InChI is InChI=1S/C14H13N3O4/c1-20-13(18)10-2-3-12-11(8-10)17(6-7-21-12)14(19)16-5-4-15-9-16/h2-5,8-9H,6-7H2,1H3. The Morgan fingerprint density at radius 3 is 2.95 bits per heavy atom. The fourth-order valence-electron chi connectivity index (χ4n) is 2.17. The molecule has 0 bridgehead atoms. The molecule has 1 aromatic carbocycles. The van der Waals surface area contributed by atoms with Crippen LogP contribution in [0.2, 0.25) is 0 Å². The van der Waals surface area contributed by atoms with Gasteiger partial charge in [-0.25, -0.2) is 14.6 Å². The minimum Gasteiger partial charge on any atom is -0.490 e. The summed E-state index contributed by atoms with van der Waals surface area (Å²) >= 11 is 0. The molecule has 2 aromatic rings. The Morgan fingerprint density at radius 1 is 1.38 bits per heavy atom. The molecule has 0 unspecified atom stereocenters. The van der Waals surface area contributed by atoms with Crippen molar-refractivity contribution < 1.29 is 19.1 Å². The van der Waals surface area contributed by atoms with Crippen molar-refractivity contribution in [1.29, 1.82) is 0 Å². The number of aromatic nitrogens is 2. The van der Waals surface area contributed by atoms with Crippen LogP contribution in [0.15, 0.2) is 36.9 Å². The van der Waals surface area contributed by atoms with E-state index in [2.05, 4.69) is 4.98 Å². The first kappa shape index (κ1) is 13.2. The first-order chi connectivity index (χ1) is 10.2. The largest absolute Gasteiger partial charge is 0.490 e. The number of nitrogens with zero attached hydrogens (tertiary/aromatic N) is 3. The van der Waals surface area contributed by atoms with E-state index in [1.807, 2.05) is 0 Å². The average molecular weight is 287 g/mol. The molecule has 1 aromatic heterocycles. The topological polar surface area (TPSA) is 73.7 Å². The number of ether oxygens (including phenoxy) is 2. The van der Waals surface area contributed by atoms with Crippen molar-refractivity contribution in [3.05, 3.63) is 42.5 Å². The van der Waals surface area contributed by atoms with E-state index in [0.717, 1.165) is 0 Å². The Morgan fingerprint density at radius 2 is 2.24 bits per heavy atom. The summed E-state index contributed by atoms with van der Waals surface area (Å²) < 4.78 is 11.6. The number of carbonyl (C=O) groups is 2. The number of methoxy groups -OCH3 is 1. The highest BCUT2D eigenvalue weighted by Crippen LogP contribution is 2.33. The van der Waals surface area contributed by atoms with Crippen LogP contribution >= 0.6 is 0 Å². The fraction of sp³-hybridized carbons (Fsp3) is 0.214. The van der Waals surface area contributed by atoms with Gasteiger partial charge in [0.25, 0.3) is 0 Å². The quantitative estimate of drug-likeness (QED) is 0.744. The van der Waals surface area contributed by atoms with Crippen molar-refractivity contribution >= 4 is 17.7 Å². The van der Waals surface area contributed by atoms with E-state index in [1.54, 1.807) is 29.3 Å². The Hall–Kier alpha value is -2.83. The lowest BCUT2D eigenvalue weighted by atomic mass is 10.1. The third-order valence-electron chi connectivity index (χ3n) is 3.20. The van der Waals surface area contributed by atoms with Gasteiger partial charge in [0.15, 0.2) is 0 Å². The first-order valence-corrected chi connectivity index (χ1v) is 6.35. The minimum absolute atomic E-state index is 0.251. The van der Waals surface area contributed by atoms with Crippen molar-refractivity contribution in [3.63, 3.8) is 0 Å². The third-order valence-corrected chi connectivity index (χ3v) is 3.20. The predicted molar refractivity (Wildman–Crippen MR) is 73.6 cm³/mol. The number of imidazole rings is 1. The van der Waals surface area contributed by atoms with Crippen LogP contribution in [0.25, 0.3) is 0 Å². The molecule has 1 aliphatic heterocycles. The van der Waals surface area contributed by atoms with Crippen LogP contribution in [0.1, 0.15) is 10.4 Å². The smallest absolute Gasteiger partial charge is 0.337 e. The number of rotatable bonds is 1. The van der Waals surface area contributed by atoms with Crippen LogP contribution in [0.5, 0.6) is 5.75 Å². The molecule has 1 amide bonds. The van der Waals surface area contributed by atoms with Crippen molar-refractivity contribution in [2.75, 3.05) is 25.2 Å². The number of anilines is 1. The Kier molecular flexibility index (Phi) is 3.31. The number of benzene rings is 1. The summed E-state index contributed by atoms with van der Waals surface area (Å²) in [5, 5.41) is 0. The zero-order chi connectivity index (χ0) is 14.8. The van der Waals surface area contributed by atoms with Gasteiger partial charge in [0.2, 0.25) is 0 Å². The summed E-state index contributed by atoms with van der Waals surface area (Å²) in [7, 11) is 1.31. The van der Waals surface area contributed by atoms with Crippen molar-refractivity contribution in [3.8, 4) is 5.75 Å². The number of hydrogen-bond acceptors (Lipinski definition) is 5. The van der Waals surface area contributed by atoms with Crippen LogP contribution in [-0.2, 0) is 4.74 Å². The molecule has 0 radical (unpaired) electrons. The number of amides is 1. The molecule has 0 atom stereocenters. The van der Waals surface area contributed by atoms with E-state index in [1.165, 1.54) is 24.2 Å². The van der Waals surface area contributed by atoms with Gasteiger partial charge in [-0.05, 0) is 18.2 Å². The third kappa shape index (κ3) is 2.33. The molecule has 0 fully saturated rings. The van der Waals surface area contributed by atoms with Gasteiger partial charge in [0.05, 0.1) is 24.9 Å². The Bertz CT molecular complexity index is 682. The van der Waals surface area contributed by atoms with Crippen molar-refractivity contribution in [2.45, 2.75) is 0 Å². The lowest BCUT2D eigenvalue weighted by Gasteiger charge is -2.29. The lowest BCUT2D eigenvalue weighted by Crippen LogP contribution is -2.40. The summed E-state index contributed by atoms with van der Waals surface area (Å²) in [6, 6.07) is 4.61. The van der Waals surface area contributed by atoms with E-state index in [9.17, 15) is 9.59 Å². The molecule has 2 heterocycles. The molecule has 3 rings (SSSR count). The SMILES string of the molecule is COC(=O)c1ccc2c(c1)N(C(=O)n1ccnc1)CCO2. The molecule has 7 nitrogen and oxygen atoms in total. The molecule has 0 aliphatic carbocycles. The first-order valence-electron chi connectivity index (χ1n) is 6.35. The molecule has 0 spiro atoms. The van der Waals surface area contributed by atoms with E-state index in [-0.39, 0.29) is 6.03 Å². The molecule has 7 heteroatoms. The second-order valence-electron chi connectivity index (χ2n) is 4.43. The number of esters is 1. The summed E-state index contributed by atoms with van der Waals surface area (Å²) in [5.74, 6) is 0.0979. The van der Waals surface area contributed by atoms with Gasteiger partial charge in [0, 0.05) is 12.4 Å². The Labute approximate surface area is 120 Å². The normalized spacial score (nSPS) is 13.3. The average Bonchev–Trinajstić information content (AvgIpc) is 3.06. The van der Waals surface area contributed by atoms with Gasteiger partial charge in [-0.15, -0.1) is 0 Å². The van der Waals surface area contributed by atoms with Gasteiger partial charge in [-0.3, -0.25) is 9.47 Å². The summed E-state index contributed by atoms with van der Waals surface area (Å²) in [6.45, 7) is 0.791. The lowest BCUT2D eigenvalue weighted by molar-refractivity contribution is 0.0600. The van der Waals surface area contributed by atoms with E-state index in [0.29, 0.717) is 30.2 Å². The van der Waals surface area contributed by atoms with Gasteiger partial charge >= 0.3 is 12.0 Å². The van der Waals surface area contributed by atoms with E-state index >= 15 is 0 Å². The Balaban J connectivity index is 2.00. The summed E-state index contributed by atoms with van der Waals surface area (Å²) in [4.78, 5) is 29.5. The summed E-state index contributed by atoms with van der Waals surface area (Å²) in [5.41, 5.74) is 0.910. The van der Waals surface area contributed by atoms with Crippen LogP contribution < -0.4 is 9.64 Å². The maximum absolute atomic E-state index is 12.5. The molecule has 0 saturated heterocycles. The highest BCUT2D eigenvalue weighted by Gasteiger charge is 2.26. The second-order valence-corrected chi connectivity index (χ2v) is 4.43. The molecule has 108 valence electrons. The molecule has 0 N–H and O–H groups in total. The zero-order valence-corrected chi connectivity index (χ0v) is 11.4. The second kappa shape index (κ2) is 5.28. The van der Waals surface area contributed by atoms with Gasteiger partial charge in [0.1, 0.15) is 18.7 Å². The molecular formula is C14H13N3O4. The van der Waals surface area contributed by atoms with E-state index < -0.39 is 5.97 Å². The van der Waals surface area contributed by atoms with Crippen LogP contribution in [-0.4, -0.2) is 41.8 Å². The van der Waals surface area contributed by atoms with Crippen molar-refractivity contribution in [2.24, 2.45) is 0 Å². The van der Waals surface area contributed by atoms with Gasteiger partial charge < -0.3 is 9.47 Å². The minimum atomic E-state index is -0.460. The number of hydrogen-bond donors (Lipinski definition) is 0. The molecule has 0 saturated carbocycles.